The highest BCUT2D eigenvalue weighted by Gasteiger charge is 2.30. The van der Waals surface area contributed by atoms with E-state index in [9.17, 15) is 8.42 Å². The number of sulfonamides is 1. The second-order valence-electron chi connectivity index (χ2n) is 7.19. The SMILES string of the molecule is N#Cc1ccc(S(=O)(=O)N(Cc2ncc(-c3ccc(Cl)cc3)o2)CC2CCCO2)cc1. The third-order valence-corrected chi connectivity index (χ3v) is 7.12. The number of nitriles is 1. The number of hydrogen-bond donors (Lipinski definition) is 0. The first-order valence-electron chi connectivity index (χ1n) is 9.78. The summed E-state index contributed by atoms with van der Waals surface area (Å²) in [6.07, 6.45) is 3.08. The van der Waals surface area contributed by atoms with Crippen LogP contribution in [-0.2, 0) is 21.3 Å². The van der Waals surface area contributed by atoms with Gasteiger partial charge in [-0.2, -0.15) is 9.57 Å². The first kappa shape index (κ1) is 21.5. The van der Waals surface area contributed by atoms with Crippen LogP contribution in [0.5, 0.6) is 0 Å². The van der Waals surface area contributed by atoms with E-state index in [1.807, 2.05) is 18.2 Å². The van der Waals surface area contributed by atoms with Gasteiger partial charge in [0, 0.05) is 23.7 Å². The first-order chi connectivity index (χ1) is 15.0. The molecule has 0 spiro atoms. The van der Waals surface area contributed by atoms with E-state index in [0.717, 1.165) is 18.4 Å². The summed E-state index contributed by atoms with van der Waals surface area (Å²) >= 11 is 5.93. The molecular formula is C22H20ClN3O4S. The van der Waals surface area contributed by atoms with Crippen molar-refractivity contribution in [1.82, 2.24) is 9.29 Å². The molecule has 1 saturated heterocycles. The number of hydrogen-bond acceptors (Lipinski definition) is 6. The van der Waals surface area contributed by atoms with E-state index in [4.69, 9.17) is 26.0 Å². The van der Waals surface area contributed by atoms with Crippen LogP contribution in [0.4, 0.5) is 0 Å². The Labute approximate surface area is 185 Å². The zero-order chi connectivity index (χ0) is 21.8. The predicted octanol–water partition coefficient (Wildman–Crippen LogP) is 4.24. The molecule has 1 aliphatic heterocycles. The molecule has 0 radical (unpaired) electrons. The Balaban J connectivity index is 1.60. The molecule has 2 heterocycles. The van der Waals surface area contributed by atoms with Gasteiger partial charge < -0.3 is 9.15 Å². The van der Waals surface area contributed by atoms with Gasteiger partial charge in [-0.15, -0.1) is 0 Å². The molecule has 1 aromatic heterocycles. The van der Waals surface area contributed by atoms with Gasteiger partial charge in [-0.3, -0.25) is 0 Å². The fraction of sp³-hybridized carbons (Fsp3) is 0.273. The Morgan fingerprint density at radius 3 is 2.55 bits per heavy atom. The lowest BCUT2D eigenvalue weighted by atomic mass is 10.2. The fourth-order valence-corrected chi connectivity index (χ4v) is 4.94. The van der Waals surface area contributed by atoms with E-state index in [1.165, 1.54) is 28.6 Å². The third kappa shape index (κ3) is 4.97. The van der Waals surface area contributed by atoms with Crippen LogP contribution in [0.2, 0.25) is 5.02 Å². The van der Waals surface area contributed by atoms with Gasteiger partial charge in [0.2, 0.25) is 15.9 Å². The van der Waals surface area contributed by atoms with Crippen molar-refractivity contribution in [2.45, 2.75) is 30.4 Å². The highest BCUT2D eigenvalue weighted by molar-refractivity contribution is 7.89. The summed E-state index contributed by atoms with van der Waals surface area (Å²) < 4.78 is 39.5. The van der Waals surface area contributed by atoms with Crippen molar-refractivity contribution in [3.05, 3.63) is 71.2 Å². The maximum atomic E-state index is 13.3. The Hall–Kier alpha value is -2.70. The van der Waals surface area contributed by atoms with E-state index in [1.54, 1.807) is 18.3 Å². The molecule has 9 heteroatoms. The van der Waals surface area contributed by atoms with Gasteiger partial charge in [0.25, 0.3) is 0 Å². The normalized spacial score (nSPS) is 16.5. The average Bonchev–Trinajstić information content (AvgIpc) is 3.46. The third-order valence-electron chi connectivity index (χ3n) is 5.05. The van der Waals surface area contributed by atoms with Crippen molar-refractivity contribution >= 4 is 21.6 Å². The van der Waals surface area contributed by atoms with Gasteiger partial charge in [0.05, 0.1) is 35.4 Å². The molecule has 7 nitrogen and oxygen atoms in total. The minimum absolute atomic E-state index is 0.0320. The summed E-state index contributed by atoms with van der Waals surface area (Å²) in [7, 11) is -3.85. The van der Waals surface area contributed by atoms with E-state index >= 15 is 0 Å². The minimum atomic E-state index is -3.85. The maximum absolute atomic E-state index is 13.3. The van der Waals surface area contributed by atoms with Crippen LogP contribution >= 0.6 is 11.6 Å². The van der Waals surface area contributed by atoms with E-state index in [-0.39, 0.29) is 30.0 Å². The van der Waals surface area contributed by atoms with Crippen molar-refractivity contribution in [2.24, 2.45) is 0 Å². The summed E-state index contributed by atoms with van der Waals surface area (Å²) in [6, 6.07) is 15.0. The van der Waals surface area contributed by atoms with Crippen molar-refractivity contribution in [2.75, 3.05) is 13.2 Å². The highest BCUT2D eigenvalue weighted by Crippen LogP contribution is 2.26. The highest BCUT2D eigenvalue weighted by atomic mass is 35.5. The predicted molar refractivity (Wildman–Crippen MR) is 115 cm³/mol. The summed E-state index contributed by atoms with van der Waals surface area (Å²) in [5.74, 6) is 0.805. The molecule has 0 saturated carbocycles. The van der Waals surface area contributed by atoms with Crippen LogP contribution < -0.4 is 0 Å². The zero-order valence-corrected chi connectivity index (χ0v) is 18.1. The van der Waals surface area contributed by atoms with Crippen molar-refractivity contribution in [3.63, 3.8) is 0 Å². The lowest BCUT2D eigenvalue weighted by molar-refractivity contribution is 0.0911. The lowest BCUT2D eigenvalue weighted by Crippen LogP contribution is -2.37. The molecule has 3 aromatic rings. The van der Waals surface area contributed by atoms with Crippen LogP contribution in [0, 0.1) is 11.3 Å². The lowest BCUT2D eigenvalue weighted by Gasteiger charge is -2.23. The number of halogens is 1. The summed E-state index contributed by atoms with van der Waals surface area (Å²) in [5.41, 5.74) is 1.19. The molecule has 0 N–H and O–H groups in total. The van der Waals surface area contributed by atoms with E-state index in [0.29, 0.717) is 23.0 Å². The van der Waals surface area contributed by atoms with Crippen LogP contribution in [0.25, 0.3) is 11.3 Å². The molecule has 0 amide bonds. The van der Waals surface area contributed by atoms with Crippen molar-refractivity contribution in [3.8, 4) is 17.4 Å². The number of ether oxygens (including phenoxy) is 1. The molecule has 4 rings (SSSR count). The molecule has 0 aliphatic carbocycles. The van der Waals surface area contributed by atoms with Gasteiger partial charge in [-0.1, -0.05) is 11.6 Å². The molecule has 1 atom stereocenters. The average molecular weight is 458 g/mol. The number of oxazole rings is 1. The van der Waals surface area contributed by atoms with Gasteiger partial charge in [0.1, 0.15) is 0 Å². The molecule has 1 fully saturated rings. The quantitative estimate of drug-likeness (QED) is 0.526. The largest absolute Gasteiger partial charge is 0.439 e. The minimum Gasteiger partial charge on any atom is -0.439 e. The smallest absolute Gasteiger partial charge is 0.243 e. The number of nitrogens with zero attached hydrogens (tertiary/aromatic N) is 3. The second-order valence-corrected chi connectivity index (χ2v) is 9.57. The van der Waals surface area contributed by atoms with Crippen molar-refractivity contribution < 1.29 is 17.6 Å². The van der Waals surface area contributed by atoms with E-state index < -0.39 is 10.0 Å². The fourth-order valence-electron chi connectivity index (χ4n) is 3.40. The molecule has 160 valence electrons. The van der Waals surface area contributed by atoms with Crippen LogP contribution in [0.15, 0.2) is 64.0 Å². The first-order valence-corrected chi connectivity index (χ1v) is 11.6. The number of benzene rings is 2. The Morgan fingerprint density at radius 2 is 1.90 bits per heavy atom. The number of aromatic nitrogens is 1. The zero-order valence-electron chi connectivity index (χ0n) is 16.6. The summed E-state index contributed by atoms with van der Waals surface area (Å²) in [5, 5.41) is 9.59. The molecule has 31 heavy (non-hydrogen) atoms. The van der Waals surface area contributed by atoms with Crippen LogP contribution in [0.3, 0.4) is 0 Å². The molecule has 0 bridgehead atoms. The molecule has 1 unspecified atom stereocenters. The van der Waals surface area contributed by atoms with Crippen molar-refractivity contribution in [1.29, 1.82) is 5.26 Å². The molecule has 2 aromatic carbocycles. The monoisotopic (exact) mass is 457 g/mol. The summed E-state index contributed by atoms with van der Waals surface area (Å²) in [6.45, 7) is 0.784. The Morgan fingerprint density at radius 1 is 1.16 bits per heavy atom. The Kier molecular flexibility index (Phi) is 6.39. The Bertz CT molecular complexity index is 1180. The molecule has 1 aliphatic rings. The van der Waals surface area contributed by atoms with Crippen LogP contribution in [0.1, 0.15) is 24.3 Å². The van der Waals surface area contributed by atoms with E-state index in [2.05, 4.69) is 4.98 Å². The standard InChI is InChI=1S/C22H20ClN3O4S/c23-18-7-5-17(6-8-18)21-13-25-22(30-21)15-26(14-19-2-1-11-29-19)31(27,28)20-9-3-16(12-24)4-10-20/h3-10,13,19H,1-2,11,14-15H2. The maximum Gasteiger partial charge on any atom is 0.243 e. The topological polar surface area (TPSA) is 96.4 Å². The van der Waals surface area contributed by atoms with Gasteiger partial charge in [-0.25, -0.2) is 13.4 Å². The van der Waals surface area contributed by atoms with Gasteiger partial charge in [0.15, 0.2) is 5.76 Å². The molecular weight excluding hydrogens is 438 g/mol. The number of rotatable bonds is 7. The van der Waals surface area contributed by atoms with Crippen LogP contribution in [-0.4, -0.2) is 37.0 Å². The summed E-state index contributed by atoms with van der Waals surface area (Å²) in [4.78, 5) is 4.38. The van der Waals surface area contributed by atoms with Gasteiger partial charge in [-0.05, 0) is 61.4 Å². The second kappa shape index (κ2) is 9.20. The van der Waals surface area contributed by atoms with Gasteiger partial charge >= 0.3 is 0 Å².